The summed E-state index contributed by atoms with van der Waals surface area (Å²) in [5.41, 5.74) is 2.39. The van der Waals surface area contributed by atoms with Gasteiger partial charge in [0.05, 0.1) is 17.3 Å². The molecule has 0 aliphatic heterocycles. The van der Waals surface area contributed by atoms with Crippen molar-refractivity contribution in [2.24, 2.45) is 13.0 Å². The van der Waals surface area contributed by atoms with Crippen LogP contribution in [0.3, 0.4) is 0 Å². The number of hydrogen-bond acceptors (Lipinski definition) is 2. The second-order valence-corrected chi connectivity index (χ2v) is 4.87. The van der Waals surface area contributed by atoms with Crippen molar-refractivity contribution in [3.63, 3.8) is 0 Å². The van der Waals surface area contributed by atoms with Gasteiger partial charge in [0.1, 0.15) is 0 Å². The summed E-state index contributed by atoms with van der Waals surface area (Å²) in [6.45, 7) is 4.51. The maximum Gasteiger partial charge on any atom is 0.0875 e. The van der Waals surface area contributed by atoms with Crippen LogP contribution >= 0.6 is 0 Å². The quantitative estimate of drug-likeness (QED) is 0.876. The Labute approximate surface area is 109 Å². The Morgan fingerprint density at radius 1 is 1.22 bits per heavy atom. The van der Waals surface area contributed by atoms with Crippen molar-refractivity contribution in [1.29, 1.82) is 0 Å². The summed E-state index contributed by atoms with van der Waals surface area (Å²) in [4.78, 5) is 0. The standard InChI is InChI=1S/C15H23N3/c1-5-11(6-2)14(16-3)15-12-9-7-8-10-13(12)18(4)17-15/h7-11,14,16H,5-6H2,1-4H3. The lowest BCUT2D eigenvalue weighted by molar-refractivity contribution is 0.353. The Morgan fingerprint density at radius 2 is 1.89 bits per heavy atom. The second kappa shape index (κ2) is 5.53. The first kappa shape index (κ1) is 13.1. The maximum absolute atomic E-state index is 4.73. The zero-order valence-corrected chi connectivity index (χ0v) is 11.8. The number of nitrogens with zero attached hydrogens (tertiary/aromatic N) is 2. The SMILES string of the molecule is CCC(CC)C(NC)c1nn(C)c2ccccc12. The van der Waals surface area contributed by atoms with Crippen LogP contribution in [0, 0.1) is 5.92 Å². The number of rotatable bonds is 5. The lowest BCUT2D eigenvalue weighted by Crippen LogP contribution is -2.25. The molecule has 98 valence electrons. The molecule has 1 aromatic carbocycles. The highest BCUT2D eigenvalue weighted by Gasteiger charge is 2.23. The molecule has 1 N–H and O–H groups in total. The van der Waals surface area contributed by atoms with Crippen LogP contribution in [-0.4, -0.2) is 16.8 Å². The highest BCUT2D eigenvalue weighted by molar-refractivity contribution is 5.82. The van der Waals surface area contributed by atoms with Crippen LogP contribution in [0.4, 0.5) is 0 Å². The number of fused-ring (bicyclic) bond motifs is 1. The van der Waals surface area contributed by atoms with Gasteiger partial charge in [0.15, 0.2) is 0 Å². The molecule has 0 fully saturated rings. The summed E-state index contributed by atoms with van der Waals surface area (Å²) in [6.07, 6.45) is 2.35. The normalized spacial score (nSPS) is 13.4. The molecule has 1 heterocycles. The molecule has 2 rings (SSSR count). The third kappa shape index (κ3) is 2.15. The fourth-order valence-electron chi connectivity index (χ4n) is 2.83. The number of aromatic nitrogens is 2. The molecule has 3 heteroatoms. The molecule has 1 aromatic heterocycles. The molecule has 2 aromatic rings. The molecule has 1 unspecified atom stereocenters. The van der Waals surface area contributed by atoms with Gasteiger partial charge in [-0.3, -0.25) is 4.68 Å². The summed E-state index contributed by atoms with van der Waals surface area (Å²) in [6, 6.07) is 8.80. The number of nitrogens with one attached hydrogen (secondary N) is 1. The van der Waals surface area contributed by atoms with E-state index in [4.69, 9.17) is 5.10 Å². The molecule has 0 aliphatic carbocycles. The summed E-state index contributed by atoms with van der Waals surface area (Å²) in [5, 5.41) is 9.45. The molecule has 0 spiro atoms. The molecule has 0 bridgehead atoms. The average molecular weight is 245 g/mol. The van der Waals surface area contributed by atoms with E-state index in [-0.39, 0.29) is 0 Å². The van der Waals surface area contributed by atoms with Crippen molar-refractivity contribution < 1.29 is 0 Å². The first-order valence-corrected chi connectivity index (χ1v) is 6.81. The van der Waals surface area contributed by atoms with Gasteiger partial charge in [-0.15, -0.1) is 0 Å². The van der Waals surface area contributed by atoms with E-state index in [1.54, 1.807) is 0 Å². The van der Waals surface area contributed by atoms with E-state index in [1.807, 2.05) is 18.8 Å². The molecule has 0 saturated heterocycles. The third-order valence-corrected chi connectivity index (χ3v) is 3.91. The minimum atomic E-state index is 0.339. The molecule has 0 aliphatic rings. The molecule has 0 radical (unpaired) electrons. The molecule has 0 amide bonds. The van der Waals surface area contributed by atoms with Crippen LogP contribution < -0.4 is 5.32 Å². The van der Waals surface area contributed by atoms with Gasteiger partial charge in [0.25, 0.3) is 0 Å². The average Bonchev–Trinajstić information content (AvgIpc) is 2.74. The van der Waals surface area contributed by atoms with Crippen molar-refractivity contribution in [3.8, 4) is 0 Å². The topological polar surface area (TPSA) is 29.9 Å². The Hall–Kier alpha value is -1.35. The molecule has 1 atom stereocenters. The number of hydrogen-bond donors (Lipinski definition) is 1. The van der Waals surface area contributed by atoms with Crippen molar-refractivity contribution in [2.75, 3.05) is 7.05 Å². The van der Waals surface area contributed by atoms with Gasteiger partial charge in [-0.1, -0.05) is 44.9 Å². The first-order chi connectivity index (χ1) is 8.72. The van der Waals surface area contributed by atoms with Gasteiger partial charge in [-0.25, -0.2) is 0 Å². The van der Waals surface area contributed by atoms with Crippen LogP contribution in [0.2, 0.25) is 0 Å². The summed E-state index contributed by atoms with van der Waals surface area (Å²) in [7, 11) is 4.05. The zero-order chi connectivity index (χ0) is 13.1. The highest BCUT2D eigenvalue weighted by atomic mass is 15.3. The maximum atomic E-state index is 4.73. The van der Waals surface area contributed by atoms with Gasteiger partial charge in [0, 0.05) is 12.4 Å². The smallest absolute Gasteiger partial charge is 0.0875 e. The predicted octanol–water partition coefficient (Wildman–Crippen LogP) is 3.27. The van der Waals surface area contributed by atoms with E-state index in [0.29, 0.717) is 12.0 Å². The summed E-state index contributed by atoms with van der Waals surface area (Å²) < 4.78 is 1.98. The monoisotopic (exact) mass is 245 g/mol. The van der Waals surface area contributed by atoms with Gasteiger partial charge in [-0.05, 0) is 19.0 Å². The Bertz CT molecular complexity index is 511. The van der Waals surface area contributed by atoms with E-state index in [1.165, 1.54) is 29.4 Å². The van der Waals surface area contributed by atoms with E-state index in [9.17, 15) is 0 Å². The fourth-order valence-corrected chi connectivity index (χ4v) is 2.83. The molecular formula is C15H23N3. The largest absolute Gasteiger partial charge is 0.311 e. The van der Waals surface area contributed by atoms with Gasteiger partial charge in [-0.2, -0.15) is 5.10 Å². The summed E-state index contributed by atoms with van der Waals surface area (Å²) in [5.74, 6) is 0.633. The van der Waals surface area contributed by atoms with E-state index in [0.717, 1.165) is 0 Å². The van der Waals surface area contributed by atoms with Gasteiger partial charge < -0.3 is 5.32 Å². The van der Waals surface area contributed by atoms with Crippen LogP contribution in [-0.2, 0) is 7.05 Å². The minimum absolute atomic E-state index is 0.339. The first-order valence-electron chi connectivity index (χ1n) is 6.81. The van der Waals surface area contributed by atoms with Crippen LogP contribution in [0.1, 0.15) is 38.4 Å². The minimum Gasteiger partial charge on any atom is -0.311 e. The Kier molecular flexibility index (Phi) is 4.02. The number of para-hydroxylation sites is 1. The van der Waals surface area contributed by atoms with Gasteiger partial charge >= 0.3 is 0 Å². The van der Waals surface area contributed by atoms with Crippen molar-refractivity contribution in [3.05, 3.63) is 30.0 Å². The second-order valence-electron chi connectivity index (χ2n) is 4.87. The predicted molar refractivity (Wildman–Crippen MR) is 76.6 cm³/mol. The molecule has 0 saturated carbocycles. The van der Waals surface area contributed by atoms with Crippen LogP contribution in [0.25, 0.3) is 10.9 Å². The fraction of sp³-hybridized carbons (Fsp3) is 0.533. The number of benzene rings is 1. The zero-order valence-electron chi connectivity index (χ0n) is 11.8. The van der Waals surface area contributed by atoms with Crippen molar-refractivity contribution >= 4 is 10.9 Å². The molecule has 3 nitrogen and oxygen atoms in total. The van der Waals surface area contributed by atoms with Gasteiger partial charge in [0.2, 0.25) is 0 Å². The summed E-state index contributed by atoms with van der Waals surface area (Å²) >= 11 is 0. The van der Waals surface area contributed by atoms with Crippen LogP contribution in [0.15, 0.2) is 24.3 Å². The lowest BCUT2D eigenvalue weighted by Gasteiger charge is -2.23. The van der Waals surface area contributed by atoms with Crippen molar-refractivity contribution in [1.82, 2.24) is 15.1 Å². The molecule has 18 heavy (non-hydrogen) atoms. The Morgan fingerprint density at radius 3 is 2.50 bits per heavy atom. The van der Waals surface area contributed by atoms with E-state index >= 15 is 0 Å². The number of aryl methyl sites for hydroxylation is 1. The lowest BCUT2D eigenvalue weighted by atomic mass is 9.90. The Balaban J connectivity index is 2.51. The molecular weight excluding hydrogens is 222 g/mol. The third-order valence-electron chi connectivity index (χ3n) is 3.91. The van der Waals surface area contributed by atoms with Crippen molar-refractivity contribution in [2.45, 2.75) is 32.7 Å². The van der Waals surface area contributed by atoms with E-state index < -0.39 is 0 Å². The highest BCUT2D eigenvalue weighted by Crippen LogP contribution is 2.31. The van der Waals surface area contributed by atoms with E-state index in [2.05, 4.69) is 43.4 Å². The van der Waals surface area contributed by atoms with Crippen LogP contribution in [0.5, 0.6) is 0 Å².